The van der Waals surface area contributed by atoms with Crippen LogP contribution in [-0.4, -0.2) is 55.3 Å². The number of benzene rings is 3. The highest BCUT2D eigenvalue weighted by molar-refractivity contribution is 8.14. The quantitative estimate of drug-likeness (QED) is 0.202. The average molecular weight is 657 g/mol. The van der Waals surface area contributed by atoms with Crippen LogP contribution in [0.15, 0.2) is 78.0 Å². The molecule has 1 saturated heterocycles. The topological polar surface area (TPSA) is 105 Å². The molecule has 1 aromatic heterocycles. The van der Waals surface area contributed by atoms with Crippen LogP contribution in [-0.2, 0) is 0 Å². The Morgan fingerprint density at radius 2 is 1.83 bits per heavy atom. The van der Waals surface area contributed by atoms with Crippen molar-refractivity contribution in [2.45, 2.75) is 37.8 Å². The SMILES string of the molecule is Cc1ccc(C2CC2(F)F)c(N2C(=NC(=O)Nc3ccc(/C=C/c4ncn(-c5ccc(OC(F)(F)F)cc5)n4)cc3)SCC2O)c1. The molecule has 6 rings (SSSR count). The number of hydrogen-bond donors (Lipinski definition) is 2. The van der Waals surface area contributed by atoms with E-state index < -0.39 is 30.5 Å². The number of rotatable bonds is 7. The number of aliphatic hydroxyl groups excluding tert-OH is 1. The van der Waals surface area contributed by atoms with E-state index in [4.69, 9.17) is 0 Å². The Balaban J connectivity index is 1.09. The summed E-state index contributed by atoms with van der Waals surface area (Å²) in [5.74, 6) is -3.52. The second-order valence-electron chi connectivity index (χ2n) is 10.6. The van der Waals surface area contributed by atoms with E-state index in [0.29, 0.717) is 28.5 Å². The molecule has 9 nitrogen and oxygen atoms in total. The summed E-state index contributed by atoms with van der Waals surface area (Å²) in [5, 5.41) is 17.9. The summed E-state index contributed by atoms with van der Waals surface area (Å²) in [6, 6.07) is 16.4. The lowest BCUT2D eigenvalue weighted by Gasteiger charge is -2.25. The summed E-state index contributed by atoms with van der Waals surface area (Å²) in [7, 11) is 0. The standard InChI is InChI=1S/C31H25F5N6O3S/c1-18-2-12-23(24-15-30(24,32)33)25(14-18)42-27(43)16-46-29(42)39-28(44)38-20-6-3-19(4-7-20)5-13-26-37-17-41(40-26)21-8-10-22(11-9-21)45-31(34,35)36/h2-14,17,24,27,43H,15-16H2,1H3,(H,38,44)/b13-5+,39-29?. The van der Waals surface area contributed by atoms with Crippen LogP contribution in [0.3, 0.4) is 0 Å². The highest BCUT2D eigenvalue weighted by Crippen LogP contribution is 2.58. The molecule has 2 fully saturated rings. The van der Waals surface area contributed by atoms with E-state index in [2.05, 4.69) is 25.1 Å². The summed E-state index contributed by atoms with van der Waals surface area (Å²) in [6.07, 6.45) is -1.27. The third-order valence-electron chi connectivity index (χ3n) is 7.14. The fourth-order valence-electron chi connectivity index (χ4n) is 4.84. The normalized spacial score (nSPS) is 20.0. The smallest absolute Gasteiger partial charge is 0.406 e. The molecule has 3 aromatic carbocycles. The van der Waals surface area contributed by atoms with E-state index in [9.17, 15) is 31.9 Å². The number of aliphatic hydroxyl groups is 1. The van der Waals surface area contributed by atoms with Gasteiger partial charge in [-0.25, -0.2) is 23.2 Å². The second kappa shape index (κ2) is 12.2. The zero-order valence-electron chi connectivity index (χ0n) is 23.9. The third kappa shape index (κ3) is 7.21. The number of carbonyl (C=O) groups excluding carboxylic acids is 1. The number of carbonyl (C=O) groups is 1. The molecule has 4 aromatic rings. The molecule has 2 heterocycles. The number of aryl methyl sites for hydroxylation is 1. The van der Waals surface area contributed by atoms with Crippen molar-refractivity contribution in [2.75, 3.05) is 16.0 Å². The Kier molecular flexibility index (Phi) is 8.29. The number of alkyl halides is 5. The summed E-state index contributed by atoms with van der Waals surface area (Å²) >= 11 is 1.16. The summed E-state index contributed by atoms with van der Waals surface area (Å²) < 4.78 is 70.3. The van der Waals surface area contributed by atoms with Crippen molar-refractivity contribution in [3.05, 3.63) is 95.6 Å². The van der Waals surface area contributed by atoms with Gasteiger partial charge in [-0.15, -0.1) is 18.3 Å². The molecule has 2 aliphatic rings. The number of anilines is 2. The molecule has 0 bridgehead atoms. The van der Waals surface area contributed by atoms with Gasteiger partial charge in [-0.1, -0.05) is 42.1 Å². The lowest BCUT2D eigenvalue weighted by atomic mass is 10.0. The van der Waals surface area contributed by atoms with Crippen LogP contribution < -0.4 is 15.0 Å². The first kappa shape index (κ1) is 31.2. The average Bonchev–Trinajstić information content (AvgIpc) is 3.29. The van der Waals surface area contributed by atoms with Crippen LogP contribution >= 0.6 is 11.8 Å². The number of amides is 2. The van der Waals surface area contributed by atoms with E-state index in [-0.39, 0.29) is 23.1 Å². The Morgan fingerprint density at radius 3 is 2.50 bits per heavy atom. The lowest BCUT2D eigenvalue weighted by molar-refractivity contribution is -0.274. The summed E-state index contributed by atoms with van der Waals surface area (Å²) in [4.78, 5) is 22.6. The second-order valence-corrected chi connectivity index (χ2v) is 11.6. The first-order chi connectivity index (χ1) is 21.8. The van der Waals surface area contributed by atoms with Crippen LogP contribution in [0.4, 0.5) is 38.1 Å². The largest absolute Gasteiger partial charge is 0.573 e. The van der Waals surface area contributed by atoms with Crippen molar-refractivity contribution < 1.29 is 36.6 Å². The number of hydrogen-bond acceptors (Lipinski definition) is 6. The molecular formula is C31H25F5N6O3S. The van der Waals surface area contributed by atoms with Crippen molar-refractivity contribution in [2.24, 2.45) is 4.99 Å². The van der Waals surface area contributed by atoms with E-state index in [1.165, 1.54) is 40.2 Å². The van der Waals surface area contributed by atoms with Gasteiger partial charge in [0.15, 0.2) is 11.0 Å². The van der Waals surface area contributed by atoms with Crippen molar-refractivity contribution in [1.29, 1.82) is 0 Å². The van der Waals surface area contributed by atoms with Crippen LogP contribution in [0.25, 0.3) is 17.8 Å². The zero-order valence-corrected chi connectivity index (χ0v) is 24.8. The predicted octanol–water partition coefficient (Wildman–Crippen LogP) is 7.23. The van der Waals surface area contributed by atoms with E-state index in [1.807, 2.05) is 6.92 Å². The van der Waals surface area contributed by atoms with Gasteiger partial charge in [0.2, 0.25) is 0 Å². The number of nitrogens with zero attached hydrogens (tertiary/aromatic N) is 5. The molecule has 15 heteroatoms. The first-order valence-electron chi connectivity index (χ1n) is 13.9. The van der Waals surface area contributed by atoms with Gasteiger partial charge in [0.25, 0.3) is 5.92 Å². The van der Waals surface area contributed by atoms with Crippen molar-refractivity contribution in [1.82, 2.24) is 14.8 Å². The van der Waals surface area contributed by atoms with Gasteiger partial charge in [0.05, 0.1) is 11.6 Å². The monoisotopic (exact) mass is 656 g/mol. The molecular weight excluding hydrogens is 631 g/mol. The van der Waals surface area contributed by atoms with Gasteiger partial charge >= 0.3 is 12.4 Å². The minimum absolute atomic E-state index is 0.206. The minimum Gasteiger partial charge on any atom is -0.406 e. The van der Waals surface area contributed by atoms with Crippen LogP contribution in [0, 0.1) is 6.92 Å². The Morgan fingerprint density at radius 1 is 1.11 bits per heavy atom. The minimum atomic E-state index is -4.78. The van der Waals surface area contributed by atoms with Crippen molar-refractivity contribution in [3.63, 3.8) is 0 Å². The van der Waals surface area contributed by atoms with E-state index in [0.717, 1.165) is 22.9 Å². The maximum atomic E-state index is 14.0. The molecule has 1 saturated carbocycles. The van der Waals surface area contributed by atoms with Gasteiger partial charge < -0.3 is 15.2 Å². The molecule has 1 aliphatic carbocycles. The van der Waals surface area contributed by atoms with Gasteiger partial charge in [-0.3, -0.25) is 4.90 Å². The Bertz CT molecular complexity index is 1810. The fourth-order valence-corrected chi connectivity index (χ4v) is 5.80. The zero-order chi connectivity index (χ0) is 32.6. The number of ether oxygens (including phenoxy) is 1. The Labute approximate surface area is 263 Å². The number of thioether (sulfide) groups is 1. The number of nitrogens with one attached hydrogen (secondary N) is 1. The third-order valence-corrected chi connectivity index (χ3v) is 8.15. The fraction of sp³-hybridized carbons (Fsp3) is 0.226. The first-order valence-corrected chi connectivity index (χ1v) is 14.9. The molecule has 0 radical (unpaired) electrons. The van der Waals surface area contributed by atoms with E-state index >= 15 is 0 Å². The van der Waals surface area contributed by atoms with Crippen LogP contribution in [0.5, 0.6) is 5.75 Å². The molecule has 2 atom stereocenters. The summed E-state index contributed by atoms with van der Waals surface area (Å²) in [5.41, 5.74) is 3.35. The van der Waals surface area contributed by atoms with Gasteiger partial charge in [-0.2, -0.15) is 4.99 Å². The molecule has 1 aliphatic heterocycles. The Hall–Kier alpha value is -4.76. The predicted molar refractivity (Wildman–Crippen MR) is 164 cm³/mol. The molecule has 238 valence electrons. The molecule has 2 amide bonds. The van der Waals surface area contributed by atoms with Crippen LogP contribution in [0.2, 0.25) is 0 Å². The van der Waals surface area contributed by atoms with Gasteiger partial charge in [0.1, 0.15) is 18.3 Å². The maximum absolute atomic E-state index is 14.0. The van der Waals surface area contributed by atoms with Gasteiger partial charge in [-0.05, 0) is 72.2 Å². The number of aliphatic imine (C=N–C) groups is 1. The van der Waals surface area contributed by atoms with Crippen molar-refractivity contribution in [3.8, 4) is 11.4 Å². The molecule has 2 unspecified atom stereocenters. The highest BCUT2D eigenvalue weighted by atomic mass is 32.2. The number of amidine groups is 1. The highest BCUT2D eigenvalue weighted by Gasteiger charge is 2.58. The summed E-state index contributed by atoms with van der Waals surface area (Å²) in [6.45, 7) is 1.82. The van der Waals surface area contributed by atoms with Crippen molar-refractivity contribution >= 4 is 46.5 Å². The number of halogens is 5. The lowest BCUT2D eigenvalue weighted by Crippen LogP contribution is -2.35. The number of aromatic nitrogens is 3. The maximum Gasteiger partial charge on any atom is 0.573 e. The van der Waals surface area contributed by atoms with Gasteiger partial charge in [0, 0.05) is 23.5 Å². The van der Waals surface area contributed by atoms with E-state index in [1.54, 1.807) is 54.6 Å². The molecule has 46 heavy (non-hydrogen) atoms. The van der Waals surface area contributed by atoms with Crippen LogP contribution in [0.1, 0.15) is 34.9 Å². The molecule has 2 N–H and O–H groups in total. The number of urea groups is 1. The molecule has 0 spiro atoms.